The van der Waals surface area contributed by atoms with Crippen LogP contribution >= 0.6 is 39.3 Å². The first kappa shape index (κ1) is 17.6. The van der Waals surface area contributed by atoms with Crippen LogP contribution in [0, 0.1) is 0 Å². The normalized spacial score (nSPS) is 17.9. The van der Waals surface area contributed by atoms with E-state index in [-0.39, 0.29) is 0 Å². The standard InChI is InChI=1S/C16H24BrClN2S/c1-2-6-19-16(5-7-20-8-10-21-11-9-20)14-4-3-13(17)12-15(14)18/h3-4,12,16,19H,2,5-11H2,1H3. The topological polar surface area (TPSA) is 15.3 Å². The second kappa shape index (κ2) is 9.41. The van der Waals surface area contributed by atoms with Gasteiger partial charge >= 0.3 is 0 Å². The average Bonchev–Trinajstić information content (AvgIpc) is 2.49. The first-order valence-corrected chi connectivity index (χ1v) is 10.0. The largest absolute Gasteiger partial charge is 0.310 e. The van der Waals surface area contributed by atoms with Crippen molar-refractivity contribution in [1.82, 2.24) is 10.2 Å². The van der Waals surface area contributed by atoms with Crippen molar-refractivity contribution < 1.29 is 0 Å². The maximum Gasteiger partial charge on any atom is 0.0465 e. The lowest BCUT2D eigenvalue weighted by Gasteiger charge is -2.29. The van der Waals surface area contributed by atoms with Gasteiger partial charge in [0.15, 0.2) is 0 Å². The van der Waals surface area contributed by atoms with E-state index >= 15 is 0 Å². The quantitative estimate of drug-likeness (QED) is 0.732. The predicted molar refractivity (Wildman–Crippen MR) is 98.6 cm³/mol. The van der Waals surface area contributed by atoms with Crippen LogP contribution in [0.4, 0.5) is 0 Å². The zero-order valence-corrected chi connectivity index (χ0v) is 15.7. The minimum atomic E-state index is 0.347. The van der Waals surface area contributed by atoms with Gasteiger partial charge in [0, 0.05) is 46.7 Å². The Bertz CT molecular complexity index is 438. The van der Waals surface area contributed by atoms with Gasteiger partial charge in [0.05, 0.1) is 0 Å². The number of benzene rings is 1. The van der Waals surface area contributed by atoms with E-state index in [2.05, 4.69) is 57.0 Å². The Morgan fingerprint density at radius 1 is 1.38 bits per heavy atom. The van der Waals surface area contributed by atoms with Gasteiger partial charge in [0.1, 0.15) is 0 Å². The molecule has 118 valence electrons. The fourth-order valence-corrected chi connectivity index (χ4v) is 4.39. The summed E-state index contributed by atoms with van der Waals surface area (Å²) < 4.78 is 1.04. The van der Waals surface area contributed by atoms with Crippen LogP contribution in [0.25, 0.3) is 0 Å². The zero-order valence-electron chi connectivity index (χ0n) is 12.6. The van der Waals surface area contributed by atoms with Crippen LogP contribution in [0.3, 0.4) is 0 Å². The summed E-state index contributed by atoms with van der Waals surface area (Å²) in [6.45, 7) is 6.83. The Kier molecular flexibility index (Phi) is 7.89. The van der Waals surface area contributed by atoms with Gasteiger partial charge in [-0.05, 0) is 37.1 Å². The molecular formula is C16H24BrClN2S. The minimum absolute atomic E-state index is 0.347. The third-order valence-electron chi connectivity index (χ3n) is 3.82. The Morgan fingerprint density at radius 2 is 2.14 bits per heavy atom. The molecule has 21 heavy (non-hydrogen) atoms. The van der Waals surface area contributed by atoms with Crippen LogP contribution in [-0.2, 0) is 0 Å². The minimum Gasteiger partial charge on any atom is -0.310 e. The summed E-state index contributed by atoms with van der Waals surface area (Å²) in [4.78, 5) is 2.57. The molecule has 2 nitrogen and oxygen atoms in total. The number of nitrogens with zero attached hydrogens (tertiary/aromatic N) is 1. The second-order valence-corrected chi connectivity index (χ2v) is 7.96. The summed E-state index contributed by atoms with van der Waals surface area (Å²) in [5.74, 6) is 2.54. The molecule has 1 heterocycles. The molecule has 1 aromatic rings. The molecule has 1 aromatic carbocycles. The second-order valence-electron chi connectivity index (χ2n) is 5.42. The first-order chi connectivity index (χ1) is 10.2. The third kappa shape index (κ3) is 5.76. The van der Waals surface area contributed by atoms with Crippen molar-refractivity contribution in [2.24, 2.45) is 0 Å². The van der Waals surface area contributed by atoms with E-state index in [4.69, 9.17) is 11.6 Å². The van der Waals surface area contributed by atoms with Crippen LogP contribution < -0.4 is 5.32 Å². The fraction of sp³-hybridized carbons (Fsp3) is 0.625. The summed E-state index contributed by atoms with van der Waals surface area (Å²) in [6.07, 6.45) is 2.26. The molecule has 1 unspecified atom stereocenters. The molecule has 1 aliphatic heterocycles. The lowest BCUT2D eigenvalue weighted by molar-refractivity contribution is 0.281. The maximum atomic E-state index is 6.44. The third-order valence-corrected chi connectivity index (χ3v) is 5.58. The van der Waals surface area contributed by atoms with Gasteiger partial charge in [-0.15, -0.1) is 0 Å². The summed E-state index contributed by atoms with van der Waals surface area (Å²) in [5, 5.41) is 4.51. The van der Waals surface area contributed by atoms with Crippen LogP contribution in [0.5, 0.6) is 0 Å². The zero-order chi connectivity index (χ0) is 15.1. The molecule has 0 amide bonds. The van der Waals surface area contributed by atoms with Gasteiger partial charge in [0.2, 0.25) is 0 Å². The van der Waals surface area contributed by atoms with Crippen molar-refractivity contribution in [3.63, 3.8) is 0 Å². The molecule has 5 heteroatoms. The Morgan fingerprint density at radius 3 is 2.81 bits per heavy atom. The SMILES string of the molecule is CCCNC(CCN1CCSCC1)c1ccc(Br)cc1Cl. The smallest absolute Gasteiger partial charge is 0.0465 e. The van der Waals surface area contributed by atoms with Gasteiger partial charge in [0.25, 0.3) is 0 Å². The van der Waals surface area contributed by atoms with E-state index < -0.39 is 0 Å². The van der Waals surface area contributed by atoms with Crippen molar-refractivity contribution in [3.05, 3.63) is 33.3 Å². The number of hydrogen-bond donors (Lipinski definition) is 1. The molecule has 0 aromatic heterocycles. The number of halogens is 2. The van der Waals surface area contributed by atoms with E-state index in [1.54, 1.807) is 0 Å². The van der Waals surface area contributed by atoms with Crippen LogP contribution in [0.1, 0.15) is 31.4 Å². The highest BCUT2D eigenvalue weighted by molar-refractivity contribution is 9.10. The first-order valence-electron chi connectivity index (χ1n) is 7.69. The Labute approximate surface area is 146 Å². The van der Waals surface area contributed by atoms with Gasteiger partial charge in [-0.25, -0.2) is 0 Å². The Balaban J connectivity index is 1.99. The highest BCUT2D eigenvalue weighted by Crippen LogP contribution is 2.28. The molecule has 1 N–H and O–H groups in total. The summed E-state index contributed by atoms with van der Waals surface area (Å²) in [6, 6.07) is 6.57. The van der Waals surface area contributed by atoms with E-state index in [1.165, 1.54) is 30.2 Å². The predicted octanol–water partition coefficient (Wildman–Crippen LogP) is 4.58. The lowest BCUT2D eigenvalue weighted by Crippen LogP contribution is -2.35. The van der Waals surface area contributed by atoms with Gasteiger partial charge in [-0.2, -0.15) is 11.8 Å². The Hall–Kier alpha value is 0.260. The number of rotatable bonds is 7. The van der Waals surface area contributed by atoms with Crippen molar-refractivity contribution in [2.75, 3.05) is 37.7 Å². The average molecular weight is 392 g/mol. The lowest BCUT2D eigenvalue weighted by atomic mass is 10.0. The fourth-order valence-electron chi connectivity index (χ4n) is 2.61. The number of thioether (sulfide) groups is 1. The molecule has 0 saturated carbocycles. The molecule has 0 aliphatic carbocycles. The summed E-state index contributed by atoms with van der Waals surface area (Å²) in [5.41, 5.74) is 1.22. The molecule has 1 aliphatic rings. The number of hydrogen-bond acceptors (Lipinski definition) is 3. The molecule has 1 atom stereocenters. The van der Waals surface area contributed by atoms with Crippen LogP contribution in [0.2, 0.25) is 5.02 Å². The highest BCUT2D eigenvalue weighted by atomic mass is 79.9. The van der Waals surface area contributed by atoms with Crippen molar-refractivity contribution in [3.8, 4) is 0 Å². The molecule has 0 spiro atoms. The highest BCUT2D eigenvalue weighted by Gasteiger charge is 2.17. The van der Waals surface area contributed by atoms with Gasteiger partial charge < -0.3 is 10.2 Å². The molecule has 1 fully saturated rings. The molecular weight excluding hydrogens is 368 g/mol. The summed E-state index contributed by atoms with van der Waals surface area (Å²) >= 11 is 12.0. The van der Waals surface area contributed by atoms with Crippen LogP contribution in [-0.4, -0.2) is 42.6 Å². The van der Waals surface area contributed by atoms with Crippen LogP contribution in [0.15, 0.2) is 22.7 Å². The van der Waals surface area contributed by atoms with E-state index in [1.807, 2.05) is 6.07 Å². The van der Waals surface area contributed by atoms with E-state index in [0.29, 0.717) is 6.04 Å². The maximum absolute atomic E-state index is 6.44. The molecule has 2 rings (SSSR count). The van der Waals surface area contributed by atoms with Crippen molar-refractivity contribution in [2.45, 2.75) is 25.8 Å². The van der Waals surface area contributed by atoms with Crippen molar-refractivity contribution in [1.29, 1.82) is 0 Å². The summed E-state index contributed by atoms with van der Waals surface area (Å²) in [7, 11) is 0. The van der Waals surface area contributed by atoms with Gasteiger partial charge in [-0.1, -0.05) is 40.5 Å². The van der Waals surface area contributed by atoms with E-state index in [9.17, 15) is 0 Å². The number of nitrogens with one attached hydrogen (secondary N) is 1. The molecule has 0 bridgehead atoms. The van der Waals surface area contributed by atoms with E-state index in [0.717, 1.165) is 35.4 Å². The van der Waals surface area contributed by atoms with Gasteiger partial charge in [-0.3, -0.25) is 0 Å². The monoisotopic (exact) mass is 390 g/mol. The molecule has 1 saturated heterocycles. The van der Waals surface area contributed by atoms with Crippen molar-refractivity contribution >= 4 is 39.3 Å². The molecule has 0 radical (unpaired) electrons.